The van der Waals surface area contributed by atoms with Crippen LogP contribution in [-0.4, -0.2) is 33.3 Å². The number of aromatic amines is 1. The fourth-order valence-electron chi connectivity index (χ4n) is 4.78. The van der Waals surface area contributed by atoms with Crippen LogP contribution in [0.15, 0.2) is 42.5 Å². The predicted octanol–water partition coefficient (Wildman–Crippen LogP) is 5.16. The summed E-state index contributed by atoms with van der Waals surface area (Å²) in [4.78, 5) is 27.5. The van der Waals surface area contributed by atoms with Crippen LogP contribution in [-0.2, 0) is 30.6 Å². The molecule has 5 rings (SSSR count). The van der Waals surface area contributed by atoms with Crippen molar-refractivity contribution in [3.63, 3.8) is 0 Å². The molecule has 1 aliphatic carbocycles. The summed E-state index contributed by atoms with van der Waals surface area (Å²) in [7, 11) is 0. The highest BCUT2D eigenvalue weighted by Gasteiger charge is 2.26. The molecule has 1 aliphatic heterocycles. The van der Waals surface area contributed by atoms with Crippen molar-refractivity contribution in [1.29, 1.82) is 0 Å². The number of aryl methyl sites for hydroxylation is 2. The van der Waals surface area contributed by atoms with Crippen LogP contribution >= 0.6 is 11.6 Å². The van der Waals surface area contributed by atoms with E-state index in [-0.39, 0.29) is 24.5 Å². The first-order chi connectivity index (χ1) is 15.6. The van der Waals surface area contributed by atoms with Crippen LogP contribution in [0.2, 0.25) is 5.02 Å². The van der Waals surface area contributed by atoms with Gasteiger partial charge in [0.25, 0.3) is 0 Å². The highest BCUT2D eigenvalue weighted by molar-refractivity contribution is 6.30. The number of rotatable bonds is 5. The molecule has 0 bridgehead atoms. The van der Waals surface area contributed by atoms with Gasteiger partial charge < -0.3 is 4.90 Å². The molecule has 2 aliphatic rings. The number of carbonyl (C=O) groups is 2. The number of fused-ring (bicyclic) bond motifs is 2. The Hall–Kier alpha value is -2.92. The summed E-state index contributed by atoms with van der Waals surface area (Å²) in [6.45, 7) is 1.15. The Balaban J connectivity index is 1.23. The highest BCUT2D eigenvalue weighted by atomic mass is 35.5. The summed E-state index contributed by atoms with van der Waals surface area (Å²) in [6, 6.07) is 13.6. The van der Waals surface area contributed by atoms with Crippen LogP contribution in [0, 0.1) is 0 Å². The zero-order valence-corrected chi connectivity index (χ0v) is 18.8. The van der Waals surface area contributed by atoms with Crippen LogP contribution in [0.4, 0.5) is 0 Å². The molecule has 5 nitrogen and oxygen atoms in total. The van der Waals surface area contributed by atoms with Gasteiger partial charge >= 0.3 is 0 Å². The van der Waals surface area contributed by atoms with E-state index in [1.807, 2.05) is 41.3 Å². The second-order valence-electron chi connectivity index (χ2n) is 8.72. The predicted molar refractivity (Wildman–Crippen MR) is 125 cm³/mol. The lowest BCUT2D eigenvalue weighted by Gasteiger charge is -2.27. The molecule has 1 N–H and O–H groups in total. The van der Waals surface area contributed by atoms with E-state index in [0.717, 1.165) is 47.3 Å². The van der Waals surface area contributed by atoms with E-state index in [4.69, 9.17) is 11.6 Å². The molecule has 0 saturated heterocycles. The SMILES string of the molecule is O=C(CCC(=O)N1CCc2[nH]nc(-c3ccc(Cl)cc3)c2C1)c1ccc2c(c1)CCCC2. The van der Waals surface area contributed by atoms with E-state index < -0.39 is 0 Å². The number of Topliss-reactive ketones (excluding diaryl/α,β-unsaturated/α-hetero) is 1. The van der Waals surface area contributed by atoms with E-state index >= 15 is 0 Å². The number of nitrogens with zero attached hydrogens (tertiary/aromatic N) is 2. The zero-order chi connectivity index (χ0) is 22.1. The molecule has 0 spiro atoms. The molecule has 3 aromatic rings. The van der Waals surface area contributed by atoms with E-state index in [9.17, 15) is 9.59 Å². The number of carbonyl (C=O) groups excluding carboxylic acids is 2. The van der Waals surface area contributed by atoms with Gasteiger partial charge in [0.15, 0.2) is 5.78 Å². The minimum absolute atomic E-state index is 0.0187. The second kappa shape index (κ2) is 8.91. The molecular formula is C26H26ClN3O2. The number of hydrogen-bond donors (Lipinski definition) is 1. The Labute approximate surface area is 192 Å². The number of amides is 1. The van der Waals surface area contributed by atoms with Crippen LogP contribution in [0.25, 0.3) is 11.3 Å². The van der Waals surface area contributed by atoms with Crippen molar-refractivity contribution in [1.82, 2.24) is 15.1 Å². The van der Waals surface area contributed by atoms with Crippen molar-refractivity contribution >= 4 is 23.3 Å². The minimum atomic E-state index is 0.0187. The molecule has 0 atom stereocenters. The number of H-pyrrole nitrogens is 1. The second-order valence-corrected chi connectivity index (χ2v) is 9.15. The summed E-state index contributed by atoms with van der Waals surface area (Å²) in [5.74, 6) is 0.0693. The van der Waals surface area contributed by atoms with Gasteiger partial charge in [0, 0.05) is 59.8 Å². The molecule has 2 aromatic carbocycles. The maximum absolute atomic E-state index is 12.9. The first kappa shape index (κ1) is 21.0. The molecule has 0 unspecified atom stereocenters. The Morgan fingerprint density at radius 3 is 2.56 bits per heavy atom. The molecule has 164 valence electrons. The van der Waals surface area contributed by atoms with Gasteiger partial charge in [-0.1, -0.05) is 35.9 Å². The van der Waals surface area contributed by atoms with Crippen molar-refractivity contribution in [2.45, 2.75) is 51.5 Å². The van der Waals surface area contributed by atoms with Gasteiger partial charge in [0.2, 0.25) is 5.91 Å². The molecule has 1 aromatic heterocycles. The first-order valence-electron chi connectivity index (χ1n) is 11.3. The monoisotopic (exact) mass is 447 g/mol. The van der Waals surface area contributed by atoms with Crippen LogP contribution in [0.1, 0.15) is 58.4 Å². The number of aromatic nitrogens is 2. The van der Waals surface area contributed by atoms with Crippen molar-refractivity contribution in [3.8, 4) is 11.3 Å². The van der Waals surface area contributed by atoms with Gasteiger partial charge in [-0.25, -0.2) is 0 Å². The third kappa shape index (κ3) is 4.22. The Morgan fingerprint density at radius 1 is 0.969 bits per heavy atom. The fraction of sp³-hybridized carbons (Fsp3) is 0.346. The molecule has 0 radical (unpaired) electrons. The van der Waals surface area contributed by atoms with E-state index in [1.54, 1.807) is 0 Å². The van der Waals surface area contributed by atoms with Gasteiger partial charge in [-0.15, -0.1) is 0 Å². The fourth-order valence-corrected chi connectivity index (χ4v) is 4.91. The Kier molecular flexibility index (Phi) is 5.83. The maximum atomic E-state index is 12.9. The van der Waals surface area contributed by atoms with Crippen molar-refractivity contribution in [2.24, 2.45) is 0 Å². The summed E-state index contributed by atoms with van der Waals surface area (Å²) in [5.41, 5.74) is 7.36. The first-order valence-corrected chi connectivity index (χ1v) is 11.7. The standard InChI is InChI=1S/C26H26ClN3O2/c27-21-9-7-18(8-10-21)26-22-16-30(14-13-23(22)28-29-26)25(32)12-11-24(31)20-6-5-17-3-1-2-4-19(17)15-20/h5-10,15H,1-4,11-14,16H2,(H,28,29). The van der Waals surface area contributed by atoms with Crippen LogP contribution in [0.3, 0.4) is 0 Å². The molecule has 32 heavy (non-hydrogen) atoms. The van der Waals surface area contributed by atoms with Crippen molar-refractivity contribution in [2.75, 3.05) is 6.54 Å². The lowest BCUT2D eigenvalue weighted by atomic mass is 9.89. The van der Waals surface area contributed by atoms with Gasteiger partial charge in [-0.05, 0) is 55.0 Å². The molecule has 1 amide bonds. The number of benzene rings is 2. The highest BCUT2D eigenvalue weighted by Crippen LogP contribution is 2.29. The number of hydrogen-bond acceptors (Lipinski definition) is 3. The largest absolute Gasteiger partial charge is 0.338 e. The third-order valence-corrected chi connectivity index (χ3v) is 6.89. The molecule has 0 fully saturated rings. The van der Waals surface area contributed by atoms with Crippen molar-refractivity contribution in [3.05, 3.63) is 75.4 Å². The van der Waals surface area contributed by atoms with Gasteiger partial charge in [0.05, 0.1) is 5.69 Å². The summed E-state index contributed by atoms with van der Waals surface area (Å²) in [6.07, 6.45) is 5.78. The molecular weight excluding hydrogens is 422 g/mol. The zero-order valence-electron chi connectivity index (χ0n) is 18.0. The number of ketones is 1. The van der Waals surface area contributed by atoms with Gasteiger partial charge in [0.1, 0.15) is 0 Å². The van der Waals surface area contributed by atoms with E-state index in [2.05, 4.69) is 16.3 Å². The quantitative estimate of drug-likeness (QED) is 0.549. The number of halogens is 1. The molecule has 6 heteroatoms. The molecule has 0 saturated carbocycles. The van der Waals surface area contributed by atoms with E-state index in [0.29, 0.717) is 18.1 Å². The number of nitrogens with one attached hydrogen (secondary N) is 1. The third-order valence-electron chi connectivity index (χ3n) is 6.64. The van der Waals surface area contributed by atoms with Crippen molar-refractivity contribution < 1.29 is 9.59 Å². The minimum Gasteiger partial charge on any atom is -0.338 e. The normalized spacial score (nSPS) is 15.2. The Bertz CT molecular complexity index is 1170. The average molecular weight is 448 g/mol. The lowest BCUT2D eigenvalue weighted by molar-refractivity contribution is -0.132. The van der Waals surface area contributed by atoms with Gasteiger partial charge in [-0.2, -0.15) is 5.10 Å². The topological polar surface area (TPSA) is 66.1 Å². The van der Waals surface area contributed by atoms with E-state index in [1.165, 1.54) is 24.0 Å². The lowest BCUT2D eigenvalue weighted by Crippen LogP contribution is -2.36. The Morgan fingerprint density at radius 2 is 1.75 bits per heavy atom. The average Bonchev–Trinajstić information content (AvgIpc) is 3.25. The molecule has 2 heterocycles. The van der Waals surface area contributed by atoms with Crippen LogP contribution in [0.5, 0.6) is 0 Å². The van der Waals surface area contributed by atoms with Crippen LogP contribution < -0.4 is 0 Å². The summed E-state index contributed by atoms with van der Waals surface area (Å²) < 4.78 is 0. The maximum Gasteiger partial charge on any atom is 0.223 e. The summed E-state index contributed by atoms with van der Waals surface area (Å²) >= 11 is 6.01. The van der Waals surface area contributed by atoms with Gasteiger partial charge in [-0.3, -0.25) is 14.7 Å². The summed E-state index contributed by atoms with van der Waals surface area (Å²) in [5, 5.41) is 8.28. The smallest absolute Gasteiger partial charge is 0.223 e.